The van der Waals surface area contributed by atoms with Crippen LogP contribution in [0.15, 0.2) is 72.9 Å². The molecule has 1 aromatic heterocycles. The fraction of sp³-hybridized carbons (Fsp3) is 0.269. The van der Waals surface area contributed by atoms with Crippen molar-refractivity contribution in [3.8, 4) is 5.75 Å². The van der Waals surface area contributed by atoms with Gasteiger partial charge in [0.05, 0.1) is 5.69 Å². The van der Waals surface area contributed by atoms with Crippen molar-refractivity contribution in [2.75, 3.05) is 0 Å². The number of ether oxygens (including phenoxy) is 1. The maximum atomic E-state index is 12.8. The molecule has 1 atom stereocenters. The normalized spacial score (nSPS) is 11.6. The van der Waals surface area contributed by atoms with E-state index in [1.54, 1.807) is 12.3 Å². The Morgan fingerprint density at radius 1 is 1.00 bits per heavy atom. The Hall–Kier alpha value is -3.67. The van der Waals surface area contributed by atoms with Crippen LogP contribution in [0.3, 0.4) is 0 Å². The molecule has 2 aromatic carbocycles. The molecule has 0 saturated carbocycles. The number of carbonyl (C=O) groups excluding carboxylic acids is 2. The number of pyridine rings is 1. The number of benzene rings is 2. The van der Waals surface area contributed by atoms with E-state index in [-0.39, 0.29) is 17.7 Å². The Kier molecular flexibility index (Phi) is 7.97. The van der Waals surface area contributed by atoms with Gasteiger partial charge in [-0.05, 0) is 54.3 Å². The standard InChI is InChI=1S/C26H29N3O3/c1-18(2)24(29-25(30)23-13-5-4-9-19(23)3)26(31)28-16-20-10-8-12-22(15-20)32-17-21-11-6-7-14-27-21/h4-15,18,24H,16-17H2,1-3H3,(H,28,31)(H,29,30). The predicted octanol–water partition coefficient (Wildman–Crippen LogP) is 4.04. The van der Waals surface area contributed by atoms with E-state index in [2.05, 4.69) is 15.6 Å². The zero-order valence-electron chi connectivity index (χ0n) is 18.7. The molecule has 3 aromatic rings. The average Bonchev–Trinajstić information content (AvgIpc) is 2.80. The molecule has 0 fully saturated rings. The molecule has 3 rings (SSSR count). The Balaban J connectivity index is 1.58. The fourth-order valence-electron chi connectivity index (χ4n) is 3.27. The highest BCUT2D eigenvalue weighted by molar-refractivity contribution is 5.98. The van der Waals surface area contributed by atoms with Gasteiger partial charge in [-0.25, -0.2) is 0 Å². The second kappa shape index (κ2) is 11.1. The smallest absolute Gasteiger partial charge is 0.252 e. The van der Waals surface area contributed by atoms with E-state index < -0.39 is 6.04 Å². The minimum absolute atomic E-state index is 0.0593. The number of nitrogens with one attached hydrogen (secondary N) is 2. The summed E-state index contributed by atoms with van der Waals surface area (Å²) < 4.78 is 5.81. The molecule has 1 unspecified atom stereocenters. The SMILES string of the molecule is Cc1ccccc1C(=O)NC(C(=O)NCc1cccc(OCc2ccccn2)c1)C(C)C. The average molecular weight is 432 g/mol. The second-order valence-corrected chi connectivity index (χ2v) is 7.99. The minimum Gasteiger partial charge on any atom is -0.487 e. The maximum Gasteiger partial charge on any atom is 0.252 e. The summed E-state index contributed by atoms with van der Waals surface area (Å²) in [6, 6.07) is 19.9. The molecular formula is C26H29N3O3. The van der Waals surface area contributed by atoms with E-state index in [4.69, 9.17) is 4.74 Å². The molecule has 2 amide bonds. The Bertz CT molecular complexity index is 1050. The molecule has 0 bridgehead atoms. The van der Waals surface area contributed by atoms with E-state index in [9.17, 15) is 9.59 Å². The fourth-order valence-corrected chi connectivity index (χ4v) is 3.27. The van der Waals surface area contributed by atoms with Gasteiger partial charge in [-0.1, -0.05) is 50.2 Å². The number of nitrogens with zero attached hydrogens (tertiary/aromatic N) is 1. The molecular weight excluding hydrogens is 402 g/mol. The Morgan fingerprint density at radius 2 is 1.78 bits per heavy atom. The van der Waals surface area contributed by atoms with Crippen LogP contribution in [0.25, 0.3) is 0 Å². The van der Waals surface area contributed by atoms with Crippen LogP contribution in [0, 0.1) is 12.8 Å². The summed E-state index contributed by atoms with van der Waals surface area (Å²) in [7, 11) is 0. The van der Waals surface area contributed by atoms with Crippen LogP contribution < -0.4 is 15.4 Å². The molecule has 0 saturated heterocycles. The van der Waals surface area contributed by atoms with Gasteiger partial charge in [0.25, 0.3) is 5.91 Å². The van der Waals surface area contributed by atoms with Crippen molar-refractivity contribution >= 4 is 11.8 Å². The molecule has 0 spiro atoms. The quantitative estimate of drug-likeness (QED) is 0.536. The highest BCUT2D eigenvalue weighted by Crippen LogP contribution is 2.15. The molecule has 0 aliphatic heterocycles. The topological polar surface area (TPSA) is 80.3 Å². The third-order valence-electron chi connectivity index (χ3n) is 5.10. The number of hydrogen-bond acceptors (Lipinski definition) is 4. The number of rotatable bonds is 9. The van der Waals surface area contributed by atoms with Gasteiger partial charge in [0.1, 0.15) is 18.4 Å². The molecule has 166 valence electrons. The van der Waals surface area contributed by atoms with E-state index in [0.717, 1.165) is 16.8 Å². The highest BCUT2D eigenvalue weighted by Gasteiger charge is 2.25. The van der Waals surface area contributed by atoms with Crippen molar-refractivity contribution in [3.63, 3.8) is 0 Å². The highest BCUT2D eigenvalue weighted by atomic mass is 16.5. The molecule has 0 aliphatic rings. The molecule has 6 heteroatoms. The first-order valence-corrected chi connectivity index (χ1v) is 10.7. The van der Waals surface area contributed by atoms with Crippen molar-refractivity contribution in [2.45, 2.75) is 40.0 Å². The summed E-state index contributed by atoms with van der Waals surface area (Å²) >= 11 is 0. The molecule has 2 N–H and O–H groups in total. The van der Waals surface area contributed by atoms with Gasteiger partial charge in [0.15, 0.2) is 0 Å². The number of aryl methyl sites for hydroxylation is 1. The van der Waals surface area contributed by atoms with Crippen molar-refractivity contribution < 1.29 is 14.3 Å². The van der Waals surface area contributed by atoms with Crippen LogP contribution in [0.1, 0.15) is 41.0 Å². The van der Waals surface area contributed by atoms with Crippen LogP contribution in [-0.4, -0.2) is 22.8 Å². The van der Waals surface area contributed by atoms with Gasteiger partial charge in [-0.2, -0.15) is 0 Å². The predicted molar refractivity (Wildman–Crippen MR) is 124 cm³/mol. The minimum atomic E-state index is -0.634. The lowest BCUT2D eigenvalue weighted by Gasteiger charge is -2.22. The number of carbonyl (C=O) groups is 2. The Labute approximate surface area is 189 Å². The Morgan fingerprint density at radius 3 is 2.50 bits per heavy atom. The summed E-state index contributed by atoms with van der Waals surface area (Å²) in [6.45, 7) is 6.41. The monoisotopic (exact) mass is 431 g/mol. The van der Waals surface area contributed by atoms with Gasteiger partial charge in [-0.3, -0.25) is 14.6 Å². The van der Waals surface area contributed by atoms with Crippen molar-refractivity contribution in [1.29, 1.82) is 0 Å². The first-order chi connectivity index (χ1) is 15.4. The first kappa shape index (κ1) is 23.0. The molecule has 0 aliphatic carbocycles. The maximum absolute atomic E-state index is 12.8. The third kappa shape index (κ3) is 6.41. The van der Waals surface area contributed by atoms with Gasteiger partial charge in [0.2, 0.25) is 5.91 Å². The van der Waals surface area contributed by atoms with Crippen LogP contribution in [0.5, 0.6) is 5.75 Å². The van der Waals surface area contributed by atoms with Gasteiger partial charge >= 0.3 is 0 Å². The largest absolute Gasteiger partial charge is 0.487 e. The third-order valence-corrected chi connectivity index (χ3v) is 5.10. The van der Waals surface area contributed by atoms with Crippen LogP contribution in [0.4, 0.5) is 0 Å². The van der Waals surface area contributed by atoms with Crippen molar-refractivity contribution in [2.24, 2.45) is 5.92 Å². The van der Waals surface area contributed by atoms with Crippen molar-refractivity contribution in [1.82, 2.24) is 15.6 Å². The van der Waals surface area contributed by atoms with Gasteiger partial charge in [0, 0.05) is 18.3 Å². The second-order valence-electron chi connectivity index (χ2n) is 7.99. The lowest BCUT2D eigenvalue weighted by molar-refractivity contribution is -0.124. The van der Waals surface area contributed by atoms with Crippen LogP contribution >= 0.6 is 0 Å². The molecule has 0 radical (unpaired) electrons. The van der Waals surface area contributed by atoms with Crippen molar-refractivity contribution in [3.05, 3.63) is 95.3 Å². The van der Waals surface area contributed by atoms with E-state index in [1.165, 1.54) is 0 Å². The molecule has 32 heavy (non-hydrogen) atoms. The lowest BCUT2D eigenvalue weighted by Crippen LogP contribution is -2.49. The number of hydrogen-bond donors (Lipinski definition) is 2. The summed E-state index contributed by atoms with van der Waals surface area (Å²) in [5.41, 5.74) is 3.19. The molecule has 6 nitrogen and oxygen atoms in total. The summed E-state index contributed by atoms with van der Waals surface area (Å²) in [4.78, 5) is 29.8. The van der Waals surface area contributed by atoms with E-state index in [0.29, 0.717) is 24.5 Å². The van der Waals surface area contributed by atoms with Gasteiger partial charge in [-0.15, -0.1) is 0 Å². The molecule has 1 heterocycles. The zero-order valence-corrected chi connectivity index (χ0v) is 18.7. The van der Waals surface area contributed by atoms with Crippen LogP contribution in [-0.2, 0) is 17.9 Å². The number of amides is 2. The summed E-state index contributed by atoms with van der Waals surface area (Å²) in [5, 5.41) is 5.81. The number of aromatic nitrogens is 1. The van der Waals surface area contributed by atoms with Gasteiger partial charge < -0.3 is 15.4 Å². The van der Waals surface area contributed by atoms with E-state index in [1.807, 2.05) is 81.4 Å². The first-order valence-electron chi connectivity index (χ1n) is 10.7. The summed E-state index contributed by atoms with van der Waals surface area (Å²) in [5.74, 6) is 0.176. The van der Waals surface area contributed by atoms with E-state index >= 15 is 0 Å². The van der Waals surface area contributed by atoms with Crippen LogP contribution in [0.2, 0.25) is 0 Å². The zero-order chi connectivity index (χ0) is 22.9. The summed E-state index contributed by atoms with van der Waals surface area (Å²) in [6.07, 6.45) is 1.73. The lowest BCUT2D eigenvalue weighted by atomic mass is 10.0.